The molecule has 1 aromatic carbocycles. The number of hydrogen-bond donors (Lipinski definition) is 2. The molecule has 4 nitrogen and oxygen atoms in total. The Morgan fingerprint density at radius 2 is 2.07 bits per heavy atom. The van der Waals surface area contributed by atoms with Crippen LogP contribution < -0.4 is 15.0 Å². The summed E-state index contributed by atoms with van der Waals surface area (Å²) in [6.07, 6.45) is 0. The van der Waals surface area contributed by atoms with Gasteiger partial charge in [0.2, 0.25) is 0 Å². The molecular formula is C9H12FNO3. The number of nitrogens with one attached hydrogen (secondary N) is 1. The van der Waals surface area contributed by atoms with Crippen molar-refractivity contribution < 1.29 is 19.1 Å². The van der Waals surface area contributed by atoms with Crippen LogP contribution in [0.5, 0.6) is 11.5 Å². The molecular weight excluding hydrogens is 189 g/mol. The molecule has 0 fully saturated rings. The lowest BCUT2D eigenvalue weighted by Gasteiger charge is -2.12. The van der Waals surface area contributed by atoms with Crippen LogP contribution in [0.4, 0.5) is 4.39 Å². The van der Waals surface area contributed by atoms with Crippen LogP contribution in [0.25, 0.3) is 0 Å². The summed E-state index contributed by atoms with van der Waals surface area (Å²) in [6, 6.07) is 2.49. The zero-order valence-electron chi connectivity index (χ0n) is 8.00. The van der Waals surface area contributed by atoms with Gasteiger partial charge in [-0.2, -0.15) is 0 Å². The topological polar surface area (TPSA) is 50.7 Å². The minimum absolute atomic E-state index is 0.0945. The molecule has 1 aromatic rings. The van der Waals surface area contributed by atoms with E-state index < -0.39 is 5.82 Å². The van der Waals surface area contributed by atoms with Crippen LogP contribution in [0.15, 0.2) is 12.1 Å². The van der Waals surface area contributed by atoms with E-state index in [0.29, 0.717) is 17.1 Å². The Hall–Kier alpha value is -1.33. The quantitative estimate of drug-likeness (QED) is 0.721. The zero-order valence-corrected chi connectivity index (χ0v) is 8.00. The van der Waals surface area contributed by atoms with Crippen LogP contribution in [0, 0.1) is 5.82 Å². The van der Waals surface area contributed by atoms with Gasteiger partial charge in [-0.05, 0) is 6.07 Å². The lowest BCUT2D eigenvalue weighted by molar-refractivity contribution is 0.159. The average molecular weight is 201 g/mol. The molecule has 0 aliphatic heterocycles. The van der Waals surface area contributed by atoms with E-state index in [9.17, 15) is 4.39 Å². The molecule has 2 N–H and O–H groups in total. The van der Waals surface area contributed by atoms with E-state index in [2.05, 4.69) is 0 Å². The van der Waals surface area contributed by atoms with Crippen molar-refractivity contribution in [3.63, 3.8) is 0 Å². The third kappa shape index (κ3) is 2.12. The lowest BCUT2D eigenvalue weighted by atomic mass is 10.2. The Bertz CT molecular complexity index is 317. The molecule has 0 spiro atoms. The summed E-state index contributed by atoms with van der Waals surface area (Å²) in [5, 5.41) is 8.53. The van der Waals surface area contributed by atoms with Crippen molar-refractivity contribution in [1.29, 1.82) is 0 Å². The molecule has 0 radical (unpaired) electrons. The number of ether oxygens (including phenoxy) is 2. The van der Waals surface area contributed by atoms with Crippen LogP contribution in [0.2, 0.25) is 0 Å². The summed E-state index contributed by atoms with van der Waals surface area (Å²) in [5.41, 5.74) is 2.43. The zero-order chi connectivity index (χ0) is 10.6. The van der Waals surface area contributed by atoms with Gasteiger partial charge < -0.3 is 14.7 Å². The number of rotatable bonds is 4. The van der Waals surface area contributed by atoms with Gasteiger partial charge in [0.1, 0.15) is 5.82 Å². The highest BCUT2D eigenvalue weighted by molar-refractivity contribution is 5.47. The molecule has 0 aliphatic carbocycles. The largest absolute Gasteiger partial charge is 0.493 e. The van der Waals surface area contributed by atoms with E-state index in [1.807, 2.05) is 5.48 Å². The number of hydroxylamine groups is 1. The summed E-state index contributed by atoms with van der Waals surface area (Å²) in [4.78, 5) is 0. The molecule has 78 valence electrons. The molecule has 0 atom stereocenters. The highest BCUT2D eigenvalue weighted by Gasteiger charge is 2.11. The third-order valence-electron chi connectivity index (χ3n) is 1.79. The fraction of sp³-hybridized carbons (Fsp3) is 0.333. The molecule has 0 aliphatic rings. The van der Waals surface area contributed by atoms with E-state index in [0.717, 1.165) is 0 Å². The molecule has 0 aromatic heterocycles. The molecule has 0 unspecified atom stereocenters. The fourth-order valence-corrected chi connectivity index (χ4v) is 1.22. The van der Waals surface area contributed by atoms with Crippen molar-refractivity contribution in [2.75, 3.05) is 14.2 Å². The second kappa shape index (κ2) is 4.78. The fourth-order valence-electron chi connectivity index (χ4n) is 1.22. The summed E-state index contributed by atoms with van der Waals surface area (Å²) >= 11 is 0. The normalized spacial score (nSPS) is 10.0. The van der Waals surface area contributed by atoms with Crippen LogP contribution in [0.1, 0.15) is 5.56 Å². The van der Waals surface area contributed by atoms with Crippen LogP contribution in [-0.4, -0.2) is 19.4 Å². The first-order chi connectivity index (χ1) is 6.72. The van der Waals surface area contributed by atoms with Crippen molar-refractivity contribution >= 4 is 0 Å². The second-order valence-electron chi connectivity index (χ2n) is 2.64. The van der Waals surface area contributed by atoms with Gasteiger partial charge in [-0.25, -0.2) is 9.87 Å². The number of hydrogen-bond acceptors (Lipinski definition) is 4. The van der Waals surface area contributed by atoms with Gasteiger partial charge >= 0.3 is 0 Å². The minimum atomic E-state index is -0.437. The Labute approximate surface area is 81.2 Å². The molecule has 0 heterocycles. The Kier molecular flexibility index (Phi) is 3.67. The first-order valence-corrected chi connectivity index (χ1v) is 4.00. The minimum Gasteiger partial charge on any atom is -0.493 e. The van der Waals surface area contributed by atoms with Gasteiger partial charge in [-0.15, -0.1) is 0 Å². The number of benzene rings is 1. The molecule has 0 saturated heterocycles. The molecule has 0 amide bonds. The van der Waals surface area contributed by atoms with Crippen LogP contribution in [0.3, 0.4) is 0 Å². The Morgan fingerprint density at radius 3 is 2.57 bits per heavy atom. The first-order valence-electron chi connectivity index (χ1n) is 4.00. The molecule has 0 saturated carbocycles. The van der Waals surface area contributed by atoms with Crippen LogP contribution in [-0.2, 0) is 6.54 Å². The second-order valence-corrected chi connectivity index (χ2v) is 2.64. The van der Waals surface area contributed by atoms with Gasteiger partial charge in [0, 0.05) is 18.2 Å². The maximum atomic E-state index is 13.0. The molecule has 1 rings (SSSR count). The summed E-state index contributed by atoms with van der Waals surface area (Å²) in [5.74, 6) is 0.279. The van der Waals surface area contributed by atoms with Crippen molar-refractivity contribution in [3.05, 3.63) is 23.5 Å². The predicted octanol–water partition coefficient (Wildman–Crippen LogP) is 1.32. The van der Waals surface area contributed by atoms with Crippen molar-refractivity contribution in [1.82, 2.24) is 5.48 Å². The van der Waals surface area contributed by atoms with E-state index in [-0.39, 0.29) is 6.54 Å². The van der Waals surface area contributed by atoms with Crippen molar-refractivity contribution in [2.45, 2.75) is 6.54 Å². The van der Waals surface area contributed by atoms with E-state index in [1.54, 1.807) is 0 Å². The summed E-state index contributed by atoms with van der Waals surface area (Å²) in [7, 11) is 2.88. The van der Waals surface area contributed by atoms with Gasteiger partial charge in [-0.1, -0.05) is 0 Å². The third-order valence-corrected chi connectivity index (χ3v) is 1.79. The average Bonchev–Trinajstić information content (AvgIpc) is 2.17. The molecule has 5 heteroatoms. The smallest absolute Gasteiger partial charge is 0.165 e. The Morgan fingerprint density at radius 1 is 1.36 bits per heavy atom. The van der Waals surface area contributed by atoms with Crippen molar-refractivity contribution in [2.24, 2.45) is 0 Å². The lowest BCUT2D eigenvalue weighted by Crippen LogP contribution is -2.08. The van der Waals surface area contributed by atoms with E-state index in [4.69, 9.17) is 14.7 Å². The number of methoxy groups -OCH3 is 2. The predicted molar refractivity (Wildman–Crippen MR) is 48.1 cm³/mol. The Balaban J connectivity index is 3.17. The SMILES string of the molecule is COc1cc(F)cc(CNO)c1OC. The maximum Gasteiger partial charge on any atom is 0.165 e. The monoisotopic (exact) mass is 201 g/mol. The van der Waals surface area contributed by atoms with E-state index in [1.165, 1.54) is 26.4 Å². The van der Waals surface area contributed by atoms with Gasteiger partial charge in [0.25, 0.3) is 0 Å². The van der Waals surface area contributed by atoms with Crippen molar-refractivity contribution in [3.8, 4) is 11.5 Å². The highest BCUT2D eigenvalue weighted by atomic mass is 19.1. The summed E-state index contributed by atoms with van der Waals surface area (Å²) < 4.78 is 23.0. The van der Waals surface area contributed by atoms with Gasteiger partial charge in [-0.3, -0.25) is 0 Å². The van der Waals surface area contributed by atoms with Gasteiger partial charge in [0.05, 0.1) is 14.2 Å². The highest BCUT2D eigenvalue weighted by Crippen LogP contribution is 2.31. The van der Waals surface area contributed by atoms with E-state index >= 15 is 0 Å². The standard InChI is InChI=1S/C9H12FNO3/c1-13-8-4-7(10)3-6(5-11-12)9(8)14-2/h3-4,11-12H,5H2,1-2H3. The maximum absolute atomic E-state index is 13.0. The summed E-state index contributed by atoms with van der Waals surface area (Å²) in [6.45, 7) is 0.0945. The molecule has 0 bridgehead atoms. The number of halogens is 1. The first kappa shape index (κ1) is 10.7. The molecule has 14 heavy (non-hydrogen) atoms. The van der Waals surface area contributed by atoms with Crippen LogP contribution >= 0.6 is 0 Å². The van der Waals surface area contributed by atoms with Gasteiger partial charge in [0.15, 0.2) is 11.5 Å².